The van der Waals surface area contributed by atoms with Gasteiger partial charge in [0.2, 0.25) is 0 Å². The average Bonchev–Trinajstić information content (AvgIpc) is 3.58. The fourth-order valence-electron chi connectivity index (χ4n) is 9.84. The highest BCUT2D eigenvalue weighted by molar-refractivity contribution is 6.00. The van der Waals surface area contributed by atoms with Crippen molar-refractivity contribution in [3.05, 3.63) is 263 Å². The molecule has 0 aromatic heterocycles. The first-order valence-electron chi connectivity index (χ1n) is 19.1. The molecule has 0 radical (unpaired) electrons. The number of rotatable bonds is 5. The molecule has 0 amide bonds. The average molecular weight is 701 g/mol. The zero-order valence-corrected chi connectivity index (χ0v) is 30.2. The lowest BCUT2D eigenvalue weighted by Gasteiger charge is -2.41. The summed E-state index contributed by atoms with van der Waals surface area (Å²) in [5, 5.41) is 2.54. The fraction of sp³-hybridized carbons (Fsp3) is 0.0370. The van der Waals surface area contributed by atoms with Gasteiger partial charge in [-0.05, 0) is 78.5 Å². The summed E-state index contributed by atoms with van der Waals surface area (Å²) in [6, 6.07) is 79.8. The van der Waals surface area contributed by atoms with Gasteiger partial charge in [0.15, 0.2) is 0 Å². The van der Waals surface area contributed by atoms with Crippen molar-refractivity contribution in [2.45, 2.75) is 10.8 Å². The Labute approximate surface area is 321 Å². The van der Waals surface area contributed by atoms with Crippen LogP contribution in [-0.4, -0.2) is 0 Å². The van der Waals surface area contributed by atoms with E-state index in [4.69, 9.17) is 4.74 Å². The summed E-state index contributed by atoms with van der Waals surface area (Å²) < 4.78 is 6.84. The highest BCUT2D eigenvalue weighted by Crippen LogP contribution is 2.59. The Morgan fingerprint density at radius 2 is 0.836 bits per heavy atom. The molecule has 1 aliphatic carbocycles. The minimum atomic E-state index is -0.539. The zero-order valence-electron chi connectivity index (χ0n) is 30.2. The topological polar surface area (TPSA) is 9.23 Å². The highest BCUT2D eigenvalue weighted by atomic mass is 16.5. The van der Waals surface area contributed by atoms with Crippen molar-refractivity contribution in [2.24, 2.45) is 0 Å². The summed E-state index contributed by atoms with van der Waals surface area (Å²) in [6.45, 7) is 0. The van der Waals surface area contributed by atoms with Gasteiger partial charge in [-0.15, -0.1) is 0 Å². The molecular formula is C54H36O. The third-order valence-corrected chi connectivity index (χ3v) is 12.1. The molecule has 55 heavy (non-hydrogen) atoms. The summed E-state index contributed by atoms with van der Waals surface area (Å²) in [7, 11) is 0. The van der Waals surface area contributed by atoms with Crippen LogP contribution in [0.15, 0.2) is 218 Å². The normalized spacial score (nSPS) is 16.0. The summed E-state index contributed by atoms with van der Waals surface area (Å²) >= 11 is 0. The lowest BCUT2D eigenvalue weighted by atomic mass is 9.63. The Balaban J connectivity index is 1.10. The van der Waals surface area contributed by atoms with Crippen LogP contribution in [0.1, 0.15) is 44.5 Å². The van der Waals surface area contributed by atoms with E-state index in [1.165, 1.54) is 55.3 Å². The van der Waals surface area contributed by atoms with Gasteiger partial charge in [-0.2, -0.15) is 0 Å². The van der Waals surface area contributed by atoms with Crippen LogP contribution < -0.4 is 4.74 Å². The van der Waals surface area contributed by atoms with Gasteiger partial charge in [0.1, 0.15) is 11.5 Å². The Bertz CT molecular complexity index is 2840. The quantitative estimate of drug-likeness (QED) is 0.174. The van der Waals surface area contributed by atoms with Crippen LogP contribution in [0.5, 0.6) is 11.5 Å². The molecule has 0 N–H and O–H groups in total. The van der Waals surface area contributed by atoms with E-state index in [-0.39, 0.29) is 0 Å². The molecule has 0 bridgehead atoms. The molecule has 11 rings (SSSR count). The maximum atomic E-state index is 6.84. The molecule has 1 nitrogen and oxygen atoms in total. The smallest absolute Gasteiger partial charge is 0.132 e. The van der Waals surface area contributed by atoms with Crippen LogP contribution in [-0.2, 0) is 10.8 Å². The molecule has 258 valence electrons. The minimum Gasteiger partial charge on any atom is -0.457 e. The third kappa shape index (κ3) is 4.47. The van der Waals surface area contributed by atoms with Gasteiger partial charge in [0.25, 0.3) is 0 Å². The van der Waals surface area contributed by atoms with E-state index >= 15 is 0 Å². The molecule has 1 unspecified atom stereocenters. The number of fused-ring (bicyclic) bond motifs is 7. The third-order valence-electron chi connectivity index (χ3n) is 12.1. The van der Waals surface area contributed by atoms with Gasteiger partial charge in [-0.25, -0.2) is 0 Å². The van der Waals surface area contributed by atoms with Crippen molar-refractivity contribution >= 4 is 10.8 Å². The predicted molar refractivity (Wildman–Crippen MR) is 225 cm³/mol. The van der Waals surface area contributed by atoms with Crippen LogP contribution in [0.3, 0.4) is 0 Å². The molecular weight excluding hydrogens is 665 g/mol. The Hall–Kier alpha value is -6.96. The number of para-hydroxylation sites is 1. The SMILES string of the molecule is c1ccc(C2(c3ccccc3)c3ccccc3Oc3cc(-c4ccc(C5(c6ccccc6)c6ccccc6-c6ccc7ccccc7c65)cc4)ccc32)cc1. The van der Waals surface area contributed by atoms with Crippen molar-refractivity contribution in [2.75, 3.05) is 0 Å². The molecule has 0 saturated heterocycles. The van der Waals surface area contributed by atoms with Gasteiger partial charge in [0, 0.05) is 11.1 Å². The van der Waals surface area contributed by atoms with Crippen molar-refractivity contribution < 1.29 is 4.74 Å². The maximum absolute atomic E-state index is 6.84. The van der Waals surface area contributed by atoms with E-state index in [0.717, 1.165) is 33.8 Å². The first-order valence-corrected chi connectivity index (χ1v) is 19.1. The predicted octanol–water partition coefficient (Wildman–Crippen LogP) is 13.4. The van der Waals surface area contributed by atoms with Crippen molar-refractivity contribution in [3.63, 3.8) is 0 Å². The minimum absolute atomic E-state index is 0.486. The van der Waals surface area contributed by atoms with Gasteiger partial charge >= 0.3 is 0 Å². The van der Waals surface area contributed by atoms with E-state index in [9.17, 15) is 0 Å². The monoisotopic (exact) mass is 700 g/mol. The molecule has 2 aliphatic rings. The van der Waals surface area contributed by atoms with E-state index < -0.39 is 10.8 Å². The molecule has 1 heterocycles. The van der Waals surface area contributed by atoms with Crippen LogP contribution in [0.2, 0.25) is 0 Å². The Morgan fingerprint density at radius 3 is 1.55 bits per heavy atom. The summed E-state index contributed by atoms with van der Waals surface area (Å²) in [4.78, 5) is 0. The van der Waals surface area contributed by atoms with Gasteiger partial charge in [0.05, 0.1) is 10.8 Å². The van der Waals surface area contributed by atoms with E-state index in [1.807, 2.05) is 0 Å². The molecule has 9 aromatic rings. The Kier molecular flexibility index (Phi) is 7.06. The van der Waals surface area contributed by atoms with E-state index in [1.54, 1.807) is 0 Å². The second kappa shape index (κ2) is 12.3. The second-order valence-corrected chi connectivity index (χ2v) is 14.7. The summed E-state index contributed by atoms with van der Waals surface area (Å²) in [5.74, 6) is 1.75. The van der Waals surface area contributed by atoms with Gasteiger partial charge < -0.3 is 4.74 Å². The molecule has 9 aromatic carbocycles. The molecule has 1 aliphatic heterocycles. The van der Waals surface area contributed by atoms with Crippen molar-refractivity contribution in [1.82, 2.24) is 0 Å². The largest absolute Gasteiger partial charge is 0.457 e. The first-order chi connectivity index (χ1) is 27.3. The highest BCUT2D eigenvalue weighted by Gasteiger charge is 2.48. The fourth-order valence-corrected chi connectivity index (χ4v) is 9.84. The lowest BCUT2D eigenvalue weighted by Crippen LogP contribution is -2.34. The maximum Gasteiger partial charge on any atom is 0.132 e. The lowest BCUT2D eigenvalue weighted by molar-refractivity contribution is 0.435. The second-order valence-electron chi connectivity index (χ2n) is 14.7. The van der Waals surface area contributed by atoms with Crippen LogP contribution in [0.4, 0.5) is 0 Å². The number of benzene rings is 9. The Morgan fingerprint density at radius 1 is 0.309 bits per heavy atom. The molecule has 1 atom stereocenters. The number of hydrogen-bond acceptors (Lipinski definition) is 1. The summed E-state index contributed by atoms with van der Waals surface area (Å²) in [6.07, 6.45) is 0. The van der Waals surface area contributed by atoms with Crippen LogP contribution in [0.25, 0.3) is 33.0 Å². The molecule has 0 spiro atoms. The molecule has 0 fully saturated rings. The zero-order chi connectivity index (χ0) is 36.4. The molecule has 0 saturated carbocycles. The van der Waals surface area contributed by atoms with Crippen LogP contribution in [0, 0.1) is 0 Å². The van der Waals surface area contributed by atoms with Gasteiger partial charge in [-0.1, -0.05) is 206 Å². The molecule has 1 heteroatoms. The van der Waals surface area contributed by atoms with Crippen LogP contribution >= 0.6 is 0 Å². The van der Waals surface area contributed by atoms with E-state index in [0.29, 0.717) is 0 Å². The van der Waals surface area contributed by atoms with Crippen molar-refractivity contribution in [1.29, 1.82) is 0 Å². The van der Waals surface area contributed by atoms with E-state index in [2.05, 4.69) is 218 Å². The van der Waals surface area contributed by atoms with Gasteiger partial charge in [-0.3, -0.25) is 0 Å². The van der Waals surface area contributed by atoms with Crippen molar-refractivity contribution in [3.8, 4) is 33.8 Å². The standard InChI is InChI=1S/C54H36O/c1-4-17-40(18-5-1)53(41-19-6-2-7-20-41)48-26-14-15-27-50(48)55-51-36-39(31-35-49(51)53)37-28-32-43(33-29-37)54(42-21-8-3-9-22-42)47-25-13-12-24-45(47)46-34-30-38-16-10-11-23-44(38)52(46)54/h1-36H. The first kappa shape index (κ1) is 31.6. The number of ether oxygens (including phenoxy) is 1. The number of hydrogen-bond donors (Lipinski definition) is 0. The summed E-state index contributed by atoms with van der Waals surface area (Å²) in [5.41, 5.74) is 13.7.